The van der Waals surface area contributed by atoms with E-state index < -0.39 is 12.1 Å². The molecule has 0 radical (unpaired) electrons. The lowest BCUT2D eigenvalue weighted by atomic mass is 9.76. The molecule has 1 aromatic rings. The molecule has 1 aliphatic rings. The van der Waals surface area contributed by atoms with Gasteiger partial charge in [0, 0.05) is 25.3 Å². The number of amides is 2. The van der Waals surface area contributed by atoms with E-state index in [9.17, 15) is 14.4 Å². The van der Waals surface area contributed by atoms with E-state index in [0.29, 0.717) is 17.9 Å². The van der Waals surface area contributed by atoms with Gasteiger partial charge in [-0.15, -0.1) is 0 Å². The molecular weight excluding hydrogens is 382 g/mol. The third-order valence-electron chi connectivity index (χ3n) is 6.16. The second kappa shape index (κ2) is 9.60. The fraction of sp³-hybridized carbons (Fsp3) is 0.609. The van der Waals surface area contributed by atoms with E-state index in [4.69, 9.17) is 4.74 Å². The van der Waals surface area contributed by atoms with Gasteiger partial charge in [0.25, 0.3) is 5.91 Å². The molecule has 0 saturated carbocycles. The zero-order valence-electron chi connectivity index (χ0n) is 19.1. The molecule has 0 aromatic heterocycles. The van der Waals surface area contributed by atoms with Crippen molar-refractivity contribution in [1.29, 1.82) is 0 Å². The fourth-order valence-corrected chi connectivity index (χ4v) is 3.24. The number of ether oxygens (including phenoxy) is 1. The molecular formula is C23H35N3O4. The molecule has 2 rings (SSSR count). The van der Waals surface area contributed by atoms with Gasteiger partial charge < -0.3 is 20.3 Å². The smallest absolute Gasteiger partial charge is 0.251 e. The highest BCUT2D eigenvalue weighted by molar-refractivity contribution is 5.99. The van der Waals surface area contributed by atoms with Crippen molar-refractivity contribution in [2.75, 3.05) is 25.6 Å². The summed E-state index contributed by atoms with van der Waals surface area (Å²) < 4.78 is 5.32. The van der Waals surface area contributed by atoms with Crippen LogP contribution >= 0.6 is 0 Å². The Morgan fingerprint density at radius 2 is 1.80 bits per heavy atom. The van der Waals surface area contributed by atoms with Crippen LogP contribution < -0.4 is 15.5 Å². The maximum absolute atomic E-state index is 13.1. The third kappa shape index (κ3) is 5.81. The van der Waals surface area contributed by atoms with Crippen LogP contribution in [0, 0.1) is 11.3 Å². The molecule has 1 heterocycles. The second-order valence-corrected chi connectivity index (χ2v) is 9.28. The lowest BCUT2D eigenvalue weighted by molar-refractivity contribution is -0.128. The van der Waals surface area contributed by atoms with E-state index in [1.807, 2.05) is 31.1 Å². The summed E-state index contributed by atoms with van der Waals surface area (Å²) in [5.74, 6) is -0.525. The Labute approximate surface area is 179 Å². The highest BCUT2D eigenvalue weighted by Crippen LogP contribution is 2.31. The highest BCUT2D eigenvalue weighted by atomic mass is 16.5. The van der Waals surface area contributed by atoms with Crippen molar-refractivity contribution in [3.05, 3.63) is 29.8 Å². The highest BCUT2D eigenvalue weighted by Gasteiger charge is 2.37. The molecule has 1 fully saturated rings. The van der Waals surface area contributed by atoms with Crippen molar-refractivity contribution in [3.8, 4) is 0 Å². The molecule has 2 amide bonds. The monoisotopic (exact) mass is 417 g/mol. The molecule has 0 aliphatic carbocycles. The summed E-state index contributed by atoms with van der Waals surface area (Å²) in [4.78, 5) is 39.9. The summed E-state index contributed by atoms with van der Waals surface area (Å²) >= 11 is 0. The van der Waals surface area contributed by atoms with E-state index in [1.54, 1.807) is 19.1 Å². The molecule has 30 heavy (non-hydrogen) atoms. The lowest BCUT2D eigenvalue weighted by Crippen LogP contribution is -2.54. The van der Waals surface area contributed by atoms with Crippen LogP contribution in [0.1, 0.15) is 51.4 Å². The van der Waals surface area contributed by atoms with Crippen LogP contribution in [0.25, 0.3) is 0 Å². The minimum atomic E-state index is -0.760. The molecule has 0 spiro atoms. The number of hydrogen-bond acceptors (Lipinski definition) is 5. The first-order chi connectivity index (χ1) is 13.9. The topological polar surface area (TPSA) is 87.7 Å². The van der Waals surface area contributed by atoms with Crippen molar-refractivity contribution in [2.45, 2.75) is 59.2 Å². The Balaban J connectivity index is 2.18. The van der Waals surface area contributed by atoms with Crippen LogP contribution in [0.4, 0.5) is 5.69 Å². The molecule has 7 nitrogen and oxygen atoms in total. The average Bonchev–Trinajstić information content (AvgIpc) is 2.99. The first-order valence-electron chi connectivity index (χ1n) is 10.5. The van der Waals surface area contributed by atoms with Crippen molar-refractivity contribution in [1.82, 2.24) is 10.6 Å². The number of carbonyl (C=O) groups excluding carboxylic acids is 3. The number of benzene rings is 1. The molecule has 1 aromatic carbocycles. The standard InChI is InChI=1S/C23H35N3O4/c1-14(2)23(4,5)12-18(22(29)25-20-15(3)30-13-19(20)27)24-21(28)16-8-10-17(11-9-16)26(6)7/h8-11,14-15,18,20H,12-13H2,1-7H3,(H,24,28)(H,25,29)/t15-,18?,20+/m1/s1. The normalized spacial score (nSPS) is 20.2. The summed E-state index contributed by atoms with van der Waals surface area (Å²) in [5, 5.41) is 5.67. The number of Topliss-reactive ketones (excluding diaryl/α,β-unsaturated/α-hetero) is 1. The number of rotatable bonds is 8. The average molecular weight is 418 g/mol. The third-order valence-corrected chi connectivity index (χ3v) is 6.16. The summed E-state index contributed by atoms with van der Waals surface area (Å²) in [6.07, 6.45) is 0.0724. The Morgan fingerprint density at radius 1 is 1.20 bits per heavy atom. The Kier molecular flexibility index (Phi) is 7.64. The van der Waals surface area contributed by atoms with E-state index in [2.05, 4.69) is 38.3 Å². The van der Waals surface area contributed by atoms with Gasteiger partial charge in [-0.25, -0.2) is 0 Å². The van der Waals surface area contributed by atoms with E-state index in [-0.39, 0.29) is 35.7 Å². The van der Waals surface area contributed by atoms with E-state index >= 15 is 0 Å². The van der Waals surface area contributed by atoms with Crippen molar-refractivity contribution in [2.24, 2.45) is 11.3 Å². The zero-order valence-corrected chi connectivity index (χ0v) is 19.1. The summed E-state index contributed by atoms with van der Waals surface area (Å²) in [6, 6.07) is 5.76. The van der Waals surface area contributed by atoms with Crippen LogP contribution in [-0.2, 0) is 14.3 Å². The fourth-order valence-electron chi connectivity index (χ4n) is 3.24. The second-order valence-electron chi connectivity index (χ2n) is 9.28. The molecule has 1 aliphatic heterocycles. The number of ketones is 1. The van der Waals surface area contributed by atoms with Gasteiger partial charge in [0.2, 0.25) is 5.91 Å². The molecule has 2 N–H and O–H groups in total. The van der Waals surface area contributed by atoms with Gasteiger partial charge in [-0.3, -0.25) is 14.4 Å². The van der Waals surface area contributed by atoms with Gasteiger partial charge in [-0.2, -0.15) is 0 Å². The predicted octanol–water partition coefficient (Wildman–Crippen LogP) is 2.40. The molecule has 1 saturated heterocycles. The Hall–Kier alpha value is -2.41. The predicted molar refractivity (Wildman–Crippen MR) is 118 cm³/mol. The number of nitrogens with one attached hydrogen (secondary N) is 2. The van der Waals surface area contributed by atoms with Gasteiger partial charge in [0.1, 0.15) is 18.7 Å². The van der Waals surface area contributed by atoms with Crippen LogP contribution in [-0.4, -0.2) is 56.5 Å². The lowest BCUT2D eigenvalue weighted by Gasteiger charge is -2.33. The Morgan fingerprint density at radius 3 is 2.27 bits per heavy atom. The number of anilines is 1. The van der Waals surface area contributed by atoms with Crippen molar-refractivity contribution >= 4 is 23.3 Å². The Bertz CT molecular complexity index is 771. The van der Waals surface area contributed by atoms with Gasteiger partial charge in [0.05, 0.1) is 6.10 Å². The summed E-state index contributed by atoms with van der Waals surface area (Å²) in [6.45, 7) is 10.1. The van der Waals surface area contributed by atoms with Crippen LogP contribution in [0.15, 0.2) is 24.3 Å². The van der Waals surface area contributed by atoms with Crippen LogP contribution in [0.5, 0.6) is 0 Å². The van der Waals surface area contributed by atoms with Gasteiger partial charge in [0.15, 0.2) is 5.78 Å². The maximum atomic E-state index is 13.1. The van der Waals surface area contributed by atoms with Crippen molar-refractivity contribution < 1.29 is 19.1 Å². The maximum Gasteiger partial charge on any atom is 0.251 e. The number of hydrogen-bond donors (Lipinski definition) is 2. The van der Waals surface area contributed by atoms with Crippen molar-refractivity contribution in [3.63, 3.8) is 0 Å². The molecule has 3 atom stereocenters. The molecule has 0 bridgehead atoms. The van der Waals surface area contributed by atoms with Crippen LogP contribution in [0.3, 0.4) is 0 Å². The molecule has 166 valence electrons. The van der Waals surface area contributed by atoms with E-state index in [0.717, 1.165) is 5.69 Å². The number of nitrogens with zero attached hydrogens (tertiary/aromatic N) is 1. The largest absolute Gasteiger partial charge is 0.378 e. The first kappa shape index (κ1) is 23.9. The summed E-state index contributed by atoms with van der Waals surface area (Å²) in [5.41, 5.74) is 1.27. The SMILES string of the molecule is CC(C)C(C)(C)CC(NC(=O)c1ccc(N(C)C)cc1)C(=O)N[C@@H]1C(=O)CO[C@@H]1C. The van der Waals surface area contributed by atoms with Gasteiger partial charge >= 0.3 is 0 Å². The minimum absolute atomic E-state index is 0.00114. The quantitative estimate of drug-likeness (QED) is 0.678. The summed E-state index contributed by atoms with van der Waals surface area (Å²) in [7, 11) is 3.86. The first-order valence-corrected chi connectivity index (χ1v) is 10.5. The molecule has 7 heteroatoms. The molecule has 1 unspecified atom stereocenters. The van der Waals surface area contributed by atoms with Crippen LogP contribution in [0.2, 0.25) is 0 Å². The minimum Gasteiger partial charge on any atom is -0.378 e. The zero-order chi connectivity index (χ0) is 22.6. The van der Waals surface area contributed by atoms with E-state index in [1.165, 1.54) is 0 Å². The number of carbonyl (C=O) groups is 3. The van der Waals surface area contributed by atoms with Gasteiger partial charge in [-0.05, 0) is 48.9 Å². The van der Waals surface area contributed by atoms with Gasteiger partial charge in [-0.1, -0.05) is 27.7 Å².